The Morgan fingerprint density at radius 1 is 1.26 bits per heavy atom. The summed E-state index contributed by atoms with van der Waals surface area (Å²) >= 11 is 0. The SMILES string of the molecule is CC[C@H](C)NC(=O)[C@@H](C)Oc1cc(C)cc(C)c1C. The van der Waals surface area contributed by atoms with Crippen LogP contribution in [0.3, 0.4) is 0 Å². The summed E-state index contributed by atoms with van der Waals surface area (Å²) in [6.07, 6.45) is 0.440. The lowest BCUT2D eigenvalue weighted by Gasteiger charge is -2.19. The van der Waals surface area contributed by atoms with Gasteiger partial charge in [-0.3, -0.25) is 4.79 Å². The van der Waals surface area contributed by atoms with Gasteiger partial charge in [0.25, 0.3) is 5.91 Å². The van der Waals surface area contributed by atoms with E-state index < -0.39 is 6.10 Å². The Morgan fingerprint density at radius 3 is 2.47 bits per heavy atom. The molecule has 2 atom stereocenters. The van der Waals surface area contributed by atoms with E-state index in [1.165, 1.54) is 5.56 Å². The zero-order valence-corrected chi connectivity index (χ0v) is 12.8. The fraction of sp³-hybridized carbons (Fsp3) is 0.562. The first-order valence-electron chi connectivity index (χ1n) is 6.90. The Kier molecular flexibility index (Phi) is 5.40. The average Bonchev–Trinajstić information content (AvgIpc) is 2.34. The van der Waals surface area contributed by atoms with Crippen LogP contribution < -0.4 is 10.1 Å². The highest BCUT2D eigenvalue weighted by Gasteiger charge is 2.17. The van der Waals surface area contributed by atoms with E-state index in [0.29, 0.717) is 0 Å². The van der Waals surface area contributed by atoms with Crippen molar-refractivity contribution in [1.29, 1.82) is 0 Å². The molecular formula is C16H25NO2. The Morgan fingerprint density at radius 2 is 1.89 bits per heavy atom. The summed E-state index contributed by atoms with van der Waals surface area (Å²) in [5.41, 5.74) is 3.42. The molecule has 0 radical (unpaired) electrons. The molecule has 3 nitrogen and oxygen atoms in total. The number of carbonyl (C=O) groups excluding carboxylic acids is 1. The molecule has 1 rings (SSSR count). The van der Waals surface area contributed by atoms with Gasteiger partial charge in [-0.2, -0.15) is 0 Å². The molecule has 3 heteroatoms. The van der Waals surface area contributed by atoms with Crippen molar-refractivity contribution in [1.82, 2.24) is 5.32 Å². The topological polar surface area (TPSA) is 38.3 Å². The number of ether oxygens (including phenoxy) is 1. The molecule has 1 N–H and O–H groups in total. The maximum absolute atomic E-state index is 12.0. The zero-order chi connectivity index (χ0) is 14.6. The van der Waals surface area contributed by atoms with Gasteiger partial charge in [0.1, 0.15) is 5.75 Å². The van der Waals surface area contributed by atoms with Gasteiger partial charge in [0.05, 0.1) is 0 Å². The molecule has 0 heterocycles. The van der Waals surface area contributed by atoms with E-state index in [4.69, 9.17) is 4.74 Å². The molecule has 0 unspecified atom stereocenters. The van der Waals surface area contributed by atoms with Gasteiger partial charge in [0.15, 0.2) is 6.10 Å². The summed E-state index contributed by atoms with van der Waals surface area (Å²) in [5, 5.41) is 2.93. The third kappa shape index (κ3) is 4.27. The van der Waals surface area contributed by atoms with Crippen LogP contribution in [0.15, 0.2) is 12.1 Å². The summed E-state index contributed by atoms with van der Waals surface area (Å²) in [4.78, 5) is 12.0. The van der Waals surface area contributed by atoms with E-state index in [2.05, 4.69) is 18.3 Å². The monoisotopic (exact) mass is 263 g/mol. The molecule has 0 fully saturated rings. The van der Waals surface area contributed by atoms with Crippen molar-refractivity contribution >= 4 is 5.91 Å². The van der Waals surface area contributed by atoms with Gasteiger partial charge < -0.3 is 10.1 Å². The number of benzene rings is 1. The molecule has 0 spiro atoms. The number of hydrogen-bond donors (Lipinski definition) is 1. The van der Waals surface area contributed by atoms with Crippen LogP contribution in [0.25, 0.3) is 0 Å². The Hall–Kier alpha value is -1.51. The van der Waals surface area contributed by atoms with Crippen LogP contribution in [-0.4, -0.2) is 18.1 Å². The minimum atomic E-state index is -0.478. The lowest BCUT2D eigenvalue weighted by molar-refractivity contribution is -0.127. The zero-order valence-electron chi connectivity index (χ0n) is 12.8. The van der Waals surface area contributed by atoms with Crippen molar-refractivity contribution in [3.8, 4) is 5.75 Å². The van der Waals surface area contributed by atoms with Crippen molar-refractivity contribution in [2.75, 3.05) is 0 Å². The second-order valence-electron chi connectivity index (χ2n) is 5.28. The van der Waals surface area contributed by atoms with E-state index in [1.807, 2.05) is 33.8 Å². The van der Waals surface area contributed by atoms with Crippen LogP contribution in [0.1, 0.15) is 43.9 Å². The average molecular weight is 263 g/mol. The molecule has 0 saturated heterocycles. The maximum Gasteiger partial charge on any atom is 0.260 e. The lowest BCUT2D eigenvalue weighted by Crippen LogP contribution is -2.41. The van der Waals surface area contributed by atoms with Crippen LogP contribution in [0.2, 0.25) is 0 Å². The van der Waals surface area contributed by atoms with Crippen molar-refractivity contribution in [2.24, 2.45) is 0 Å². The number of nitrogens with one attached hydrogen (secondary N) is 1. The smallest absolute Gasteiger partial charge is 0.260 e. The summed E-state index contributed by atoms with van der Waals surface area (Å²) in [7, 11) is 0. The molecule has 0 aliphatic heterocycles. The summed E-state index contributed by atoms with van der Waals surface area (Å²) in [6.45, 7) is 11.9. The van der Waals surface area contributed by atoms with Gasteiger partial charge in [-0.05, 0) is 63.8 Å². The first-order valence-corrected chi connectivity index (χ1v) is 6.90. The standard InChI is InChI=1S/C16H25NO2/c1-7-12(4)17-16(18)14(6)19-15-9-10(2)8-11(3)13(15)5/h8-9,12,14H,7H2,1-6H3,(H,17,18)/t12-,14+/m0/s1. The number of carbonyl (C=O) groups is 1. The third-order valence-electron chi connectivity index (χ3n) is 3.44. The Balaban J connectivity index is 2.77. The molecule has 106 valence electrons. The van der Waals surface area contributed by atoms with Crippen molar-refractivity contribution in [3.63, 3.8) is 0 Å². The van der Waals surface area contributed by atoms with Crippen LogP contribution >= 0.6 is 0 Å². The summed E-state index contributed by atoms with van der Waals surface area (Å²) in [6, 6.07) is 4.28. The van der Waals surface area contributed by atoms with Crippen molar-refractivity contribution in [3.05, 3.63) is 28.8 Å². The summed E-state index contributed by atoms with van der Waals surface area (Å²) in [5.74, 6) is 0.734. The van der Waals surface area contributed by atoms with Crippen LogP contribution in [0, 0.1) is 20.8 Å². The molecule has 0 aromatic heterocycles. The van der Waals surface area contributed by atoms with Gasteiger partial charge in [0, 0.05) is 6.04 Å². The van der Waals surface area contributed by atoms with Crippen molar-refractivity contribution < 1.29 is 9.53 Å². The predicted molar refractivity (Wildman–Crippen MR) is 78.6 cm³/mol. The van der Waals surface area contributed by atoms with E-state index in [0.717, 1.165) is 23.3 Å². The van der Waals surface area contributed by atoms with E-state index in [1.54, 1.807) is 6.92 Å². The second kappa shape index (κ2) is 6.60. The highest BCUT2D eigenvalue weighted by Crippen LogP contribution is 2.24. The molecule has 0 aliphatic carbocycles. The molecule has 1 amide bonds. The fourth-order valence-corrected chi connectivity index (χ4v) is 1.83. The molecule has 1 aromatic rings. The van der Waals surface area contributed by atoms with Crippen LogP contribution in [-0.2, 0) is 4.79 Å². The van der Waals surface area contributed by atoms with Gasteiger partial charge in [-0.15, -0.1) is 0 Å². The number of rotatable bonds is 5. The normalized spacial score (nSPS) is 13.8. The van der Waals surface area contributed by atoms with Gasteiger partial charge in [-0.25, -0.2) is 0 Å². The van der Waals surface area contributed by atoms with E-state index in [-0.39, 0.29) is 11.9 Å². The molecule has 0 saturated carbocycles. The Bertz CT molecular complexity index is 454. The first-order chi connectivity index (χ1) is 8.85. The van der Waals surface area contributed by atoms with Gasteiger partial charge in [-0.1, -0.05) is 13.0 Å². The second-order valence-corrected chi connectivity index (χ2v) is 5.28. The highest BCUT2D eigenvalue weighted by atomic mass is 16.5. The quantitative estimate of drug-likeness (QED) is 0.885. The molecule has 0 bridgehead atoms. The molecular weight excluding hydrogens is 238 g/mol. The van der Waals surface area contributed by atoms with Crippen molar-refractivity contribution in [2.45, 2.75) is 60.1 Å². The van der Waals surface area contributed by atoms with Crippen LogP contribution in [0.5, 0.6) is 5.75 Å². The minimum absolute atomic E-state index is 0.0621. The largest absolute Gasteiger partial charge is 0.481 e. The van der Waals surface area contributed by atoms with Crippen LogP contribution in [0.4, 0.5) is 0 Å². The van der Waals surface area contributed by atoms with E-state index in [9.17, 15) is 4.79 Å². The third-order valence-corrected chi connectivity index (χ3v) is 3.44. The maximum atomic E-state index is 12.0. The summed E-state index contributed by atoms with van der Waals surface area (Å²) < 4.78 is 5.80. The molecule has 0 aliphatic rings. The minimum Gasteiger partial charge on any atom is -0.481 e. The fourth-order valence-electron chi connectivity index (χ4n) is 1.83. The van der Waals surface area contributed by atoms with Gasteiger partial charge in [0.2, 0.25) is 0 Å². The van der Waals surface area contributed by atoms with E-state index >= 15 is 0 Å². The first kappa shape index (κ1) is 15.5. The number of hydrogen-bond acceptors (Lipinski definition) is 2. The number of amides is 1. The molecule has 19 heavy (non-hydrogen) atoms. The predicted octanol–water partition coefficient (Wildman–Crippen LogP) is 3.29. The number of aryl methyl sites for hydroxylation is 2. The Labute approximate surface area is 116 Å². The molecule has 1 aromatic carbocycles. The highest BCUT2D eigenvalue weighted by molar-refractivity contribution is 5.81. The lowest BCUT2D eigenvalue weighted by atomic mass is 10.1. The van der Waals surface area contributed by atoms with Gasteiger partial charge >= 0.3 is 0 Å².